The first-order chi connectivity index (χ1) is 8.02. The molecule has 0 unspecified atom stereocenters. The van der Waals surface area contributed by atoms with Gasteiger partial charge >= 0.3 is 6.03 Å². The van der Waals surface area contributed by atoms with Crippen LogP contribution in [0.25, 0.3) is 0 Å². The van der Waals surface area contributed by atoms with E-state index in [2.05, 4.69) is 15.7 Å². The van der Waals surface area contributed by atoms with E-state index in [1.807, 2.05) is 13.1 Å². The van der Waals surface area contributed by atoms with Gasteiger partial charge < -0.3 is 5.32 Å². The number of carbonyl (C=O) groups is 2. The maximum atomic E-state index is 11.3. The van der Waals surface area contributed by atoms with Crippen molar-refractivity contribution in [2.75, 3.05) is 5.88 Å². The Kier molecular flexibility index (Phi) is 4.96. The van der Waals surface area contributed by atoms with E-state index in [0.717, 1.165) is 11.3 Å². The number of hydrogen-bond acceptors (Lipinski definition) is 3. The molecular formula is C10H15ClN4O2. The quantitative estimate of drug-likeness (QED) is 0.780. The van der Waals surface area contributed by atoms with Gasteiger partial charge in [0.2, 0.25) is 5.91 Å². The van der Waals surface area contributed by atoms with E-state index in [1.165, 1.54) is 0 Å². The molecule has 0 aliphatic rings. The number of urea groups is 1. The molecule has 0 aliphatic heterocycles. The van der Waals surface area contributed by atoms with Gasteiger partial charge in [-0.3, -0.25) is 14.8 Å². The summed E-state index contributed by atoms with van der Waals surface area (Å²) in [6.07, 6.45) is 1.94. The van der Waals surface area contributed by atoms with Crippen LogP contribution in [0.4, 0.5) is 4.79 Å². The SMILES string of the molecule is Cc1nn(C)cc1CNC(=O)NC(=O)CCCl. The lowest BCUT2D eigenvalue weighted by molar-refractivity contribution is -0.119. The predicted molar refractivity (Wildman–Crippen MR) is 63.7 cm³/mol. The number of aromatic nitrogens is 2. The highest BCUT2D eigenvalue weighted by atomic mass is 35.5. The van der Waals surface area contributed by atoms with Crippen molar-refractivity contribution in [2.24, 2.45) is 7.05 Å². The van der Waals surface area contributed by atoms with Crippen molar-refractivity contribution >= 4 is 23.5 Å². The minimum atomic E-state index is -0.525. The maximum Gasteiger partial charge on any atom is 0.321 e. The van der Waals surface area contributed by atoms with Gasteiger partial charge in [0.15, 0.2) is 0 Å². The average Bonchev–Trinajstić information content (AvgIpc) is 2.54. The van der Waals surface area contributed by atoms with Crippen molar-refractivity contribution in [2.45, 2.75) is 19.9 Å². The number of amides is 3. The number of halogens is 1. The van der Waals surface area contributed by atoms with E-state index in [9.17, 15) is 9.59 Å². The standard InChI is InChI=1S/C10H15ClN4O2/c1-7-8(6-15(2)14-7)5-12-10(17)13-9(16)3-4-11/h6H,3-5H2,1-2H3,(H2,12,13,16,17). The third kappa shape index (κ3) is 4.44. The van der Waals surface area contributed by atoms with Crippen LogP contribution >= 0.6 is 11.6 Å². The van der Waals surface area contributed by atoms with Gasteiger partial charge in [0.05, 0.1) is 5.69 Å². The maximum absolute atomic E-state index is 11.3. The van der Waals surface area contributed by atoms with Crippen LogP contribution in [0.15, 0.2) is 6.20 Å². The van der Waals surface area contributed by atoms with Crippen molar-refractivity contribution < 1.29 is 9.59 Å². The Balaban J connectivity index is 2.38. The van der Waals surface area contributed by atoms with E-state index in [0.29, 0.717) is 6.54 Å². The first-order valence-electron chi connectivity index (χ1n) is 5.15. The number of nitrogens with one attached hydrogen (secondary N) is 2. The van der Waals surface area contributed by atoms with Gasteiger partial charge in [-0.2, -0.15) is 5.10 Å². The van der Waals surface area contributed by atoms with Gasteiger partial charge in [-0.15, -0.1) is 11.6 Å². The molecular weight excluding hydrogens is 244 g/mol. The molecule has 1 rings (SSSR count). The summed E-state index contributed by atoms with van der Waals surface area (Å²) < 4.78 is 1.67. The van der Waals surface area contributed by atoms with E-state index in [-0.39, 0.29) is 18.2 Å². The van der Waals surface area contributed by atoms with Crippen molar-refractivity contribution in [3.05, 3.63) is 17.5 Å². The Morgan fingerprint density at radius 2 is 2.24 bits per heavy atom. The molecule has 0 aliphatic carbocycles. The summed E-state index contributed by atoms with van der Waals surface area (Å²) in [5, 5.41) is 8.89. The highest BCUT2D eigenvalue weighted by molar-refractivity contribution is 6.19. The number of hydrogen-bond donors (Lipinski definition) is 2. The lowest BCUT2D eigenvalue weighted by atomic mass is 10.3. The lowest BCUT2D eigenvalue weighted by Gasteiger charge is -2.05. The fourth-order valence-electron chi connectivity index (χ4n) is 1.32. The molecule has 17 heavy (non-hydrogen) atoms. The smallest absolute Gasteiger partial charge is 0.321 e. The van der Waals surface area contributed by atoms with Gasteiger partial charge in [0.25, 0.3) is 0 Å². The molecule has 1 aromatic heterocycles. The highest BCUT2D eigenvalue weighted by Gasteiger charge is 2.08. The fraction of sp³-hybridized carbons (Fsp3) is 0.500. The summed E-state index contributed by atoms with van der Waals surface area (Å²) in [5.41, 5.74) is 1.76. The zero-order chi connectivity index (χ0) is 12.8. The van der Waals surface area contributed by atoms with Crippen LogP contribution in [0, 0.1) is 6.92 Å². The zero-order valence-electron chi connectivity index (χ0n) is 9.79. The van der Waals surface area contributed by atoms with E-state index < -0.39 is 6.03 Å². The Hall–Kier alpha value is -1.56. The largest absolute Gasteiger partial charge is 0.334 e. The molecule has 0 radical (unpaired) electrons. The van der Waals surface area contributed by atoms with Crippen LogP contribution < -0.4 is 10.6 Å². The predicted octanol–water partition coefficient (Wildman–Crippen LogP) is 0.683. The van der Waals surface area contributed by atoms with Gasteiger partial charge in [0, 0.05) is 37.7 Å². The van der Waals surface area contributed by atoms with E-state index in [1.54, 1.807) is 11.7 Å². The molecule has 3 amide bonds. The number of aryl methyl sites for hydroxylation is 2. The third-order valence-electron chi connectivity index (χ3n) is 2.13. The Labute approximate surface area is 104 Å². The first kappa shape index (κ1) is 13.5. The second kappa shape index (κ2) is 6.24. The van der Waals surface area contributed by atoms with Gasteiger partial charge in [0.1, 0.15) is 0 Å². The summed E-state index contributed by atoms with van der Waals surface area (Å²) in [7, 11) is 1.81. The molecule has 0 aromatic carbocycles. The van der Waals surface area contributed by atoms with Crippen LogP contribution in [0.2, 0.25) is 0 Å². The van der Waals surface area contributed by atoms with Crippen LogP contribution in [0.5, 0.6) is 0 Å². The van der Waals surface area contributed by atoms with Gasteiger partial charge in [-0.25, -0.2) is 4.79 Å². The molecule has 0 bridgehead atoms. The summed E-state index contributed by atoms with van der Waals surface area (Å²) in [6, 6.07) is -0.525. The van der Waals surface area contributed by atoms with Crippen LogP contribution in [-0.4, -0.2) is 27.6 Å². The molecule has 6 nitrogen and oxygen atoms in total. The second-order valence-corrected chi connectivity index (χ2v) is 3.96. The first-order valence-corrected chi connectivity index (χ1v) is 5.69. The molecule has 0 spiro atoms. The zero-order valence-corrected chi connectivity index (χ0v) is 10.5. The molecule has 94 valence electrons. The molecule has 0 fully saturated rings. The molecule has 1 aromatic rings. The summed E-state index contributed by atoms with van der Waals surface area (Å²) in [5.74, 6) is -0.193. The molecule has 2 N–H and O–H groups in total. The van der Waals surface area contributed by atoms with E-state index >= 15 is 0 Å². The van der Waals surface area contributed by atoms with Gasteiger partial charge in [-0.1, -0.05) is 0 Å². The Morgan fingerprint density at radius 1 is 1.53 bits per heavy atom. The molecule has 0 saturated carbocycles. The molecule has 7 heteroatoms. The Morgan fingerprint density at radius 3 is 2.76 bits per heavy atom. The number of carbonyl (C=O) groups excluding carboxylic acids is 2. The van der Waals surface area contributed by atoms with Crippen molar-refractivity contribution in [3.63, 3.8) is 0 Å². The van der Waals surface area contributed by atoms with Gasteiger partial charge in [-0.05, 0) is 6.92 Å². The second-order valence-electron chi connectivity index (χ2n) is 3.58. The minimum Gasteiger partial charge on any atom is -0.334 e. The Bertz CT molecular complexity index is 416. The van der Waals surface area contributed by atoms with Crippen LogP contribution in [-0.2, 0) is 18.4 Å². The number of rotatable bonds is 4. The minimum absolute atomic E-state index is 0.126. The van der Waals surface area contributed by atoms with E-state index in [4.69, 9.17) is 11.6 Å². The topological polar surface area (TPSA) is 76.0 Å². The number of alkyl halides is 1. The molecule has 0 saturated heterocycles. The van der Waals surface area contributed by atoms with Crippen LogP contribution in [0.3, 0.4) is 0 Å². The third-order valence-corrected chi connectivity index (χ3v) is 2.32. The molecule has 1 heterocycles. The van der Waals surface area contributed by atoms with Crippen LogP contribution in [0.1, 0.15) is 17.7 Å². The lowest BCUT2D eigenvalue weighted by Crippen LogP contribution is -2.39. The molecule has 0 atom stereocenters. The monoisotopic (exact) mass is 258 g/mol. The fourth-order valence-corrected chi connectivity index (χ4v) is 1.49. The summed E-state index contributed by atoms with van der Waals surface area (Å²) in [4.78, 5) is 22.4. The normalized spacial score (nSPS) is 10.1. The van der Waals surface area contributed by atoms with Crippen molar-refractivity contribution in [1.82, 2.24) is 20.4 Å². The summed E-state index contributed by atoms with van der Waals surface area (Å²) >= 11 is 5.37. The number of nitrogens with zero attached hydrogens (tertiary/aromatic N) is 2. The van der Waals surface area contributed by atoms with Crippen molar-refractivity contribution in [3.8, 4) is 0 Å². The average molecular weight is 259 g/mol. The number of imide groups is 1. The van der Waals surface area contributed by atoms with Crippen molar-refractivity contribution in [1.29, 1.82) is 0 Å². The summed E-state index contributed by atoms with van der Waals surface area (Å²) in [6.45, 7) is 2.19. The highest BCUT2D eigenvalue weighted by Crippen LogP contribution is 2.03.